The Labute approximate surface area is 89.1 Å². The zero-order valence-electron chi connectivity index (χ0n) is 8.36. The van der Waals surface area contributed by atoms with Crippen molar-refractivity contribution in [3.8, 4) is 18.1 Å². The summed E-state index contributed by atoms with van der Waals surface area (Å²) in [6, 6.07) is 6.98. The van der Waals surface area contributed by atoms with E-state index in [1.165, 1.54) is 0 Å². The largest absolute Gasteiger partial charge is 0.508 e. The van der Waals surface area contributed by atoms with Gasteiger partial charge in [0.15, 0.2) is 0 Å². The van der Waals surface area contributed by atoms with Crippen molar-refractivity contribution < 1.29 is 9.90 Å². The summed E-state index contributed by atoms with van der Waals surface area (Å²) < 4.78 is 0. The van der Waals surface area contributed by atoms with E-state index < -0.39 is 0 Å². The number of hydrogen-bond donors (Lipinski definition) is 2. The Morgan fingerprint density at radius 3 is 2.87 bits per heavy atom. The number of aryl methyl sites for hydroxylation is 1. The molecule has 0 heterocycles. The lowest BCUT2D eigenvalue weighted by molar-refractivity contribution is -0.120. The Morgan fingerprint density at radius 1 is 1.47 bits per heavy atom. The molecule has 0 aromatic heterocycles. The summed E-state index contributed by atoms with van der Waals surface area (Å²) in [6.45, 7) is 0.250. The van der Waals surface area contributed by atoms with Crippen LogP contribution in [0.3, 0.4) is 0 Å². The molecule has 0 bridgehead atoms. The van der Waals surface area contributed by atoms with E-state index in [-0.39, 0.29) is 18.2 Å². The zero-order valence-corrected chi connectivity index (χ0v) is 8.36. The summed E-state index contributed by atoms with van der Waals surface area (Å²) >= 11 is 0. The van der Waals surface area contributed by atoms with Crippen LogP contribution in [0.2, 0.25) is 0 Å². The van der Waals surface area contributed by atoms with Gasteiger partial charge in [0.25, 0.3) is 0 Å². The predicted molar refractivity (Wildman–Crippen MR) is 58.3 cm³/mol. The molecule has 1 rings (SSSR count). The third-order valence-electron chi connectivity index (χ3n) is 2.00. The minimum atomic E-state index is -0.101. The summed E-state index contributed by atoms with van der Waals surface area (Å²) in [5.74, 6) is 2.45. The van der Waals surface area contributed by atoms with Crippen molar-refractivity contribution in [2.45, 2.75) is 12.8 Å². The lowest BCUT2D eigenvalue weighted by Gasteiger charge is -2.03. The normalized spacial score (nSPS) is 9.27. The van der Waals surface area contributed by atoms with Crippen LogP contribution in [0, 0.1) is 12.3 Å². The van der Waals surface area contributed by atoms with Gasteiger partial charge in [-0.1, -0.05) is 24.1 Å². The number of carbonyl (C=O) groups excluding carboxylic acids is 1. The molecule has 0 radical (unpaired) electrons. The fourth-order valence-electron chi connectivity index (χ4n) is 1.21. The van der Waals surface area contributed by atoms with Crippen LogP contribution in [-0.2, 0) is 11.2 Å². The van der Waals surface area contributed by atoms with Crippen LogP contribution >= 0.6 is 0 Å². The Bertz CT molecular complexity index is 379. The molecule has 15 heavy (non-hydrogen) atoms. The van der Waals surface area contributed by atoms with Gasteiger partial charge >= 0.3 is 0 Å². The predicted octanol–water partition coefficient (Wildman–Crippen LogP) is 1.07. The van der Waals surface area contributed by atoms with Gasteiger partial charge < -0.3 is 10.4 Å². The van der Waals surface area contributed by atoms with Crippen LogP contribution in [0.15, 0.2) is 24.3 Å². The number of terminal acetylenes is 1. The van der Waals surface area contributed by atoms with Gasteiger partial charge in [0.1, 0.15) is 5.75 Å². The van der Waals surface area contributed by atoms with Gasteiger partial charge in [-0.3, -0.25) is 4.79 Å². The van der Waals surface area contributed by atoms with Crippen LogP contribution in [0.5, 0.6) is 5.75 Å². The molecule has 0 aliphatic carbocycles. The quantitative estimate of drug-likeness (QED) is 0.719. The Balaban J connectivity index is 2.41. The molecule has 0 saturated carbocycles. The SMILES string of the molecule is C#CCNC(=O)CCc1ccccc1O. The molecule has 0 aliphatic heterocycles. The first-order chi connectivity index (χ1) is 7.24. The molecule has 0 atom stereocenters. The van der Waals surface area contributed by atoms with Crippen LogP contribution in [0.4, 0.5) is 0 Å². The number of phenols is 1. The number of aromatic hydroxyl groups is 1. The van der Waals surface area contributed by atoms with E-state index in [0.29, 0.717) is 12.8 Å². The summed E-state index contributed by atoms with van der Waals surface area (Å²) in [5, 5.41) is 12.0. The van der Waals surface area contributed by atoms with Crippen LogP contribution in [0.25, 0.3) is 0 Å². The number of phenolic OH excluding ortho intramolecular Hbond substituents is 1. The smallest absolute Gasteiger partial charge is 0.221 e. The highest BCUT2D eigenvalue weighted by Gasteiger charge is 2.03. The maximum Gasteiger partial charge on any atom is 0.221 e. The molecule has 0 fully saturated rings. The third-order valence-corrected chi connectivity index (χ3v) is 2.00. The lowest BCUT2D eigenvalue weighted by atomic mass is 10.1. The molecule has 1 aromatic carbocycles. The van der Waals surface area contributed by atoms with Crippen molar-refractivity contribution in [2.75, 3.05) is 6.54 Å². The number of amides is 1. The monoisotopic (exact) mass is 203 g/mol. The molecule has 3 nitrogen and oxygen atoms in total. The van der Waals surface area contributed by atoms with Crippen molar-refractivity contribution >= 4 is 5.91 Å². The van der Waals surface area contributed by atoms with Gasteiger partial charge in [0, 0.05) is 6.42 Å². The Morgan fingerprint density at radius 2 is 2.20 bits per heavy atom. The minimum Gasteiger partial charge on any atom is -0.508 e. The first-order valence-corrected chi connectivity index (χ1v) is 4.71. The fourth-order valence-corrected chi connectivity index (χ4v) is 1.21. The maximum atomic E-state index is 11.2. The van der Waals surface area contributed by atoms with E-state index in [9.17, 15) is 9.90 Å². The molecule has 1 amide bonds. The summed E-state index contributed by atoms with van der Waals surface area (Å²) in [4.78, 5) is 11.2. The molecule has 3 heteroatoms. The average Bonchev–Trinajstić information content (AvgIpc) is 2.25. The minimum absolute atomic E-state index is 0.101. The lowest BCUT2D eigenvalue weighted by Crippen LogP contribution is -2.23. The molecule has 0 aliphatic rings. The first-order valence-electron chi connectivity index (χ1n) is 4.71. The zero-order chi connectivity index (χ0) is 11.1. The van der Waals surface area contributed by atoms with E-state index in [2.05, 4.69) is 11.2 Å². The third kappa shape index (κ3) is 3.74. The Hall–Kier alpha value is -1.95. The van der Waals surface area contributed by atoms with E-state index in [0.717, 1.165) is 5.56 Å². The second-order valence-electron chi connectivity index (χ2n) is 3.11. The van der Waals surface area contributed by atoms with Gasteiger partial charge in [-0.05, 0) is 18.1 Å². The highest BCUT2D eigenvalue weighted by Crippen LogP contribution is 2.16. The number of carbonyl (C=O) groups is 1. The van der Waals surface area contributed by atoms with Gasteiger partial charge in [0.2, 0.25) is 5.91 Å². The number of nitrogens with one attached hydrogen (secondary N) is 1. The second-order valence-corrected chi connectivity index (χ2v) is 3.11. The van der Waals surface area contributed by atoms with Gasteiger partial charge in [-0.15, -0.1) is 6.42 Å². The molecule has 1 aromatic rings. The van der Waals surface area contributed by atoms with Crippen LogP contribution < -0.4 is 5.32 Å². The van der Waals surface area contributed by atoms with Crippen molar-refractivity contribution in [1.29, 1.82) is 0 Å². The van der Waals surface area contributed by atoms with Gasteiger partial charge in [0.05, 0.1) is 6.54 Å². The molecule has 2 N–H and O–H groups in total. The molecule has 0 spiro atoms. The number of para-hydroxylation sites is 1. The standard InChI is InChI=1S/C12H13NO2/c1-2-9-13-12(15)8-7-10-5-3-4-6-11(10)14/h1,3-6,14H,7-9H2,(H,13,15). The molecular formula is C12H13NO2. The molecule has 0 unspecified atom stereocenters. The van der Waals surface area contributed by atoms with Crippen molar-refractivity contribution in [3.05, 3.63) is 29.8 Å². The topological polar surface area (TPSA) is 49.3 Å². The summed E-state index contributed by atoms with van der Waals surface area (Å²) in [7, 11) is 0. The van der Waals surface area contributed by atoms with Crippen molar-refractivity contribution in [2.24, 2.45) is 0 Å². The van der Waals surface area contributed by atoms with Gasteiger partial charge in [-0.25, -0.2) is 0 Å². The molecule has 0 saturated heterocycles. The Kier molecular flexibility index (Phi) is 4.24. The van der Waals surface area contributed by atoms with Gasteiger partial charge in [-0.2, -0.15) is 0 Å². The number of rotatable bonds is 4. The number of benzene rings is 1. The van der Waals surface area contributed by atoms with E-state index in [4.69, 9.17) is 6.42 Å². The highest BCUT2D eigenvalue weighted by atomic mass is 16.3. The summed E-state index contributed by atoms with van der Waals surface area (Å²) in [5.41, 5.74) is 0.772. The van der Waals surface area contributed by atoms with Crippen molar-refractivity contribution in [1.82, 2.24) is 5.32 Å². The second kappa shape index (κ2) is 5.71. The van der Waals surface area contributed by atoms with E-state index in [1.807, 2.05) is 6.07 Å². The van der Waals surface area contributed by atoms with Crippen LogP contribution in [-0.4, -0.2) is 17.6 Å². The first kappa shape index (κ1) is 11.1. The van der Waals surface area contributed by atoms with E-state index >= 15 is 0 Å². The maximum absolute atomic E-state index is 11.2. The van der Waals surface area contributed by atoms with E-state index in [1.54, 1.807) is 18.2 Å². The summed E-state index contributed by atoms with van der Waals surface area (Å²) in [6.07, 6.45) is 5.85. The number of hydrogen-bond acceptors (Lipinski definition) is 2. The molecular weight excluding hydrogens is 190 g/mol. The van der Waals surface area contributed by atoms with Crippen LogP contribution in [0.1, 0.15) is 12.0 Å². The van der Waals surface area contributed by atoms with Crippen molar-refractivity contribution in [3.63, 3.8) is 0 Å². The molecule has 78 valence electrons. The average molecular weight is 203 g/mol. The fraction of sp³-hybridized carbons (Fsp3) is 0.250. The highest BCUT2D eigenvalue weighted by molar-refractivity contribution is 5.76.